The Balaban J connectivity index is 1.92. The summed E-state index contributed by atoms with van der Waals surface area (Å²) in [6.45, 7) is 0. The fourth-order valence-corrected chi connectivity index (χ4v) is 1.15. The molecule has 16 heavy (non-hydrogen) atoms. The second-order valence-electron chi connectivity index (χ2n) is 3.03. The summed E-state index contributed by atoms with van der Waals surface area (Å²) in [6, 6.07) is 0. The molecule has 0 N–H and O–H groups in total. The van der Waals surface area contributed by atoms with Crippen LogP contribution >= 0.6 is 0 Å². The van der Waals surface area contributed by atoms with Crippen molar-refractivity contribution >= 4 is 11.9 Å². The lowest BCUT2D eigenvalue weighted by atomic mass is 10.3. The number of ether oxygens (including phenoxy) is 2. The fourth-order valence-electron chi connectivity index (χ4n) is 1.15. The van der Waals surface area contributed by atoms with Gasteiger partial charge in [0.1, 0.15) is 11.5 Å². The van der Waals surface area contributed by atoms with Crippen LogP contribution in [0.4, 0.5) is 0 Å². The van der Waals surface area contributed by atoms with Crippen molar-refractivity contribution in [2.75, 3.05) is 0 Å². The molecule has 0 saturated carbocycles. The molecule has 4 heteroatoms. The first-order valence-corrected chi connectivity index (χ1v) is 4.62. The van der Waals surface area contributed by atoms with Crippen LogP contribution in [0.2, 0.25) is 0 Å². The fraction of sp³-hybridized carbons (Fsp3) is 0. The number of hydrogen-bond donors (Lipinski definition) is 0. The smallest absolute Gasteiger partial charge is 0.336 e. The maximum atomic E-state index is 10.7. The largest absolute Gasteiger partial charge is 0.423 e. The topological polar surface area (TPSA) is 52.6 Å². The highest BCUT2D eigenvalue weighted by molar-refractivity contribution is 5.87. The molecule has 0 amide bonds. The molecule has 0 aromatic carbocycles. The van der Waals surface area contributed by atoms with E-state index in [9.17, 15) is 9.59 Å². The van der Waals surface area contributed by atoms with Crippen LogP contribution in [-0.2, 0) is 19.1 Å². The molecule has 2 aliphatic heterocycles. The minimum Gasteiger partial charge on any atom is -0.423 e. The predicted molar refractivity (Wildman–Crippen MR) is 55.8 cm³/mol. The summed E-state index contributed by atoms with van der Waals surface area (Å²) in [4.78, 5) is 21.4. The number of carbonyl (C=O) groups is 2. The molecular formula is C12H8O4. The molecule has 80 valence electrons. The molecule has 0 fully saturated rings. The van der Waals surface area contributed by atoms with Crippen LogP contribution in [-0.4, -0.2) is 11.9 Å². The standard InChI is InChI=1S/C12H8O4/c13-11-7-5-9(15-11)3-1-2-4-10-6-8-12(14)16-10/h1-8H/b2-1-,9-3+,10-4+. The molecule has 0 unspecified atom stereocenters. The van der Waals surface area contributed by atoms with Gasteiger partial charge in [-0.3, -0.25) is 0 Å². The Hall–Kier alpha value is -2.36. The van der Waals surface area contributed by atoms with Crippen LogP contribution in [0.1, 0.15) is 0 Å². The van der Waals surface area contributed by atoms with Gasteiger partial charge in [0.25, 0.3) is 0 Å². The van der Waals surface area contributed by atoms with E-state index in [-0.39, 0.29) is 11.9 Å². The van der Waals surface area contributed by atoms with Gasteiger partial charge in [0.2, 0.25) is 0 Å². The second-order valence-corrected chi connectivity index (χ2v) is 3.03. The van der Waals surface area contributed by atoms with Crippen molar-refractivity contribution < 1.29 is 19.1 Å². The third kappa shape index (κ3) is 2.57. The SMILES string of the molecule is O=C1C=C\C(=C/C=C\C=C2/C=CC(=O)O2)O1. The van der Waals surface area contributed by atoms with Gasteiger partial charge in [-0.2, -0.15) is 0 Å². The molecule has 0 atom stereocenters. The van der Waals surface area contributed by atoms with Crippen LogP contribution in [0.3, 0.4) is 0 Å². The van der Waals surface area contributed by atoms with Crippen molar-refractivity contribution in [2.24, 2.45) is 0 Å². The van der Waals surface area contributed by atoms with Gasteiger partial charge in [-0.25, -0.2) is 9.59 Å². The zero-order chi connectivity index (χ0) is 11.4. The molecule has 0 radical (unpaired) electrons. The van der Waals surface area contributed by atoms with Crippen molar-refractivity contribution in [2.45, 2.75) is 0 Å². The van der Waals surface area contributed by atoms with E-state index >= 15 is 0 Å². The van der Waals surface area contributed by atoms with Gasteiger partial charge in [-0.15, -0.1) is 0 Å². The Morgan fingerprint density at radius 1 is 0.750 bits per heavy atom. The maximum absolute atomic E-state index is 10.7. The monoisotopic (exact) mass is 216 g/mol. The Labute approximate surface area is 91.8 Å². The molecule has 0 spiro atoms. The van der Waals surface area contributed by atoms with Gasteiger partial charge in [-0.1, -0.05) is 12.2 Å². The van der Waals surface area contributed by atoms with Crippen LogP contribution in [0, 0.1) is 0 Å². The Morgan fingerprint density at radius 2 is 1.19 bits per heavy atom. The van der Waals surface area contributed by atoms with E-state index in [0.29, 0.717) is 11.5 Å². The lowest BCUT2D eigenvalue weighted by Crippen LogP contribution is -1.89. The van der Waals surface area contributed by atoms with Gasteiger partial charge >= 0.3 is 11.9 Å². The minimum absolute atomic E-state index is 0.370. The number of carbonyl (C=O) groups excluding carboxylic acids is 2. The average Bonchev–Trinajstić information content (AvgIpc) is 2.83. The number of hydrogen-bond acceptors (Lipinski definition) is 4. The Bertz CT molecular complexity index is 431. The molecule has 2 rings (SSSR count). The summed E-state index contributed by atoms with van der Waals surface area (Å²) in [7, 11) is 0. The van der Waals surface area contributed by atoms with Crippen molar-refractivity contribution in [3.05, 3.63) is 60.1 Å². The number of allylic oxidation sites excluding steroid dienone is 6. The highest BCUT2D eigenvalue weighted by atomic mass is 16.5. The van der Waals surface area contributed by atoms with E-state index in [1.165, 1.54) is 12.2 Å². The van der Waals surface area contributed by atoms with Crippen LogP contribution < -0.4 is 0 Å². The lowest BCUT2D eigenvalue weighted by molar-refractivity contribution is -0.133. The molecular weight excluding hydrogens is 208 g/mol. The predicted octanol–water partition coefficient (Wildman–Crippen LogP) is 1.54. The van der Waals surface area contributed by atoms with Crippen molar-refractivity contribution in [3.8, 4) is 0 Å². The van der Waals surface area contributed by atoms with Crippen molar-refractivity contribution in [1.29, 1.82) is 0 Å². The molecule has 0 aromatic heterocycles. The number of rotatable bonds is 2. The van der Waals surface area contributed by atoms with Gasteiger partial charge in [0.05, 0.1) is 0 Å². The number of esters is 2. The van der Waals surface area contributed by atoms with E-state index in [0.717, 1.165) is 0 Å². The summed E-state index contributed by atoms with van der Waals surface area (Å²) >= 11 is 0. The summed E-state index contributed by atoms with van der Waals surface area (Å²) < 4.78 is 9.58. The molecule has 0 aliphatic carbocycles. The maximum Gasteiger partial charge on any atom is 0.336 e. The quantitative estimate of drug-likeness (QED) is 0.657. The molecule has 0 aromatic rings. The molecule has 0 saturated heterocycles. The summed E-state index contributed by atoms with van der Waals surface area (Å²) in [5.74, 6) is 0.230. The molecule has 2 aliphatic rings. The minimum atomic E-state index is -0.370. The van der Waals surface area contributed by atoms with E-state index in [2.05, 4.69) is 0 Å². The van der Waals surface area contributed by atoms with E-state index in [4.69, 9.17) is 9.47 Å². The number of cyclic esters (lactones) is 2. The summed E-state index contributed by atoms with van der Waals surface area (Å²) in [5, 5.41) is 0. The first kappa shape index (κ1) is 10.2. The van der Waals surface area contributed by atoms with E-state index < -0.39 is 0 Å². The molecule has 2 heterocycles. The van der Waals surface area contributed by atoms with Crippen molar-refractivity contribution in [3.63, 3.8) is 0 Å². The third-order valence-electron chi connectivity index (χ3n) is 1.84. The normalized spacial score (nSPS) is 23.8. The first-order valence-electron chi connectivity index (χ1n) is 4.62. The van der Waals surface area contributed by atoms with E-state index in [1.54, 1.807) is 36.5 Å². The highest BCUT2D eigenvalue weighted by Crippen LogP contribution is 2.10. The molecule has 4 nitrogen and oxygen atoms in total. The van der Waals surface area contributed by atoms with Gasteiger partial charge in [0.15, 0.2) is 0 Å². The average molecular weight is 216 g/mol. The molecule has 0 bridgehead atoms. The summed E-state index contributed by atoms with van der Waals surface area (Å²) in [6.07, 6.45) is 12.5. The Morgan fingerprint density at radius 3 is 1.50 bits per heavy atom. The third-order valence-corrected chi connectivity index (χ3v) is 1.84. The second kappa shape index (κ2) is 4.44. The van der Waals surface area contributed by atoms with Crippen LogP contribution in [0.15, 0.2) is 60.1 Å². The lowest BCUT2D eigenvalue weighted by Gasteiger charge is -1.92. The van der Waals surface area contributed by atoms with Crippen molar-refractivity contribution in [1.82, 2.24) is 0 Å². The van der Waals surface area contributed by atoms with Crippen LogP contribution in [0.25, 0.3) is 0 Å². The highest BCUT2D eigenvalue weighted by Gasteiger charge is 2.08. The van der Waals surface area contributed by atoms with Crippen LogP contribution in [0.5, 0.6) is 0 Å². The van der Waals surface area contributed by atoms with Gasteiger partial charge in [-0.05, 0) is 24.3 Å². The summed E-state index contributed by atoms with van der Waals surface area (Å²) in [5.41, 5.74) is 0. The van der Waals surface area contributed by atoms with Gasteiger partial charge in [0, 0.05) is 12.2 Å². The van der Waals surface area contributed by atoms with E-state index in [1.807, 2.05) is 0 Å². The zero-order valence-corrected chi connectivity index (χ0v) is 8.25. The Kier molecular flexibility index (Phi) is 2.82. The first-order chi connectivity index (χ1) is 7.74. The zero-order valence-electron chi connectivity index (χ0n) is 8.25. The van der Waals surface area contributed by atoms with Gasteiger partial charge < -0.3 is 9.47 Å².